The van der Waals surface area contributed by atoms with Crippen molar-refractivity contribution in [2.75, 3.05) is 19.8 Å². The van der Waals surface area contributed by atoms with Gasteiger partial charge in [-0.3, -0.25) is 0 Å². The van der Waals surface area contributed by atoms with Gasteiger partial charge in [0.05, 0.1) is 6.61 Å². The molecule has 0 saturated heterocycles. The predicted octanol–water partition coefficient (Wildman–Crippen LogP) is 2.21. The quantitative estimate of drug-likeness (QED) is 0.635. The van der Waals surface area contributed by atoms with Crippen molar-refractivity contribution >= 4 is 0 Å². The summed E-state index contributed by atoms with van der Waals surface area (Å²) in [5, 5.41) is 7.38. The molecule has 0 aliphatic heterocycles. The Morgan fingerprint density at radius 1 is 1.43 bits per heavy atom. The molecule has 1 aromatic heterocycles. The second kappa shape index (κ2) is 8.38. The summed E-state index contributed by atoms with van der Waals surface area (Å²) >= 11 is 0. The van der Waals surface area contributed by atoms with Crippen molar-refractivity contribution in [2.24, 2.45) is 5.92 Å². The monoisotopic (exact) mass is 303 g/mol. The summed E-state index contributed by atoms with van der Waals surface area (Å²) in [6, 6.07) is 0.397. The molecular weight excluding hydrogens is 280 g/mol. The van der Waals surface area contributed by atoms with Crippen molar-refractivity contribution in [3.63, 3.8) is 0 Å². The maximum absolute atomic E-state index is 11.9. The van der Waals surface area contributed by atoms with Crippen molar-refractivity contribution in [2.45, 2.75) is 51.5 Å². The van der Waals surface area contributed by atoms with Gasteiger partial charge < -0.3 is 14.6 Å². The first-order valence-corrected chi connectivity index (χ1v) is 7.59. The Morgan fingerprint density at radius 2 is 2.24 bits per heavy atom. The molecule has 0 radical (unpaired) electrons. The molecular formula is C14H23F2N3O2. The Bertz CT molecular complexity index is 411. The average molecular weight is 303 g/mol. The van der Waals surface area contributed by atoms with Crippen molar-refractivity contribution in [1.82, 2.24) is 15.5 Å². The van der Waals surface area contributed by atoms with Crippen LogP contribution >= 0.6 is 0 Å². The van der Waals surface area contributed by atoms with Crippen LogP contribution in [-0.2, 0) is 17.6 Å². The summed E-state index contributed by atoms with van der Waals surface area (Å²) < 4.78 is 33.9. The molecule has 1 fully saturated rings. The third-order valence-electron chi connectivity index (χ3n) is 3.47. The molecule has 0 amide bonds. The average Bonchev–Trinajstić information content (AvgIpc) is 3.20. The Balaban J connectivity index is 1.73. The maximum atomic E-state index is 11.9. The van der Waals surface area contributed by atoms with Crippen molar-refractivity contribution in [3.8, 4) is 0 Å². The van der Waals surface area contributed by atoms with Gasteiger partial charge in [-0.05, 0) is 31.7 Å². The normalized spacial score (nSPS) is 16.6. The van der Waals surface area contributed by atoms with Crippen LogP contribution in [0.3, 0.4) is 0 Å². The van der Waals surface area contributed by atoms with Gasteiger partial charge in [0.25, 0.3) is 6.43 Å². The van der Waals surface area contributed by atoms with E-state index in [1.54, 1.807) is 0 Å². The highest BCUT2D eigenvalue weighted by Crippen LogP contribution is 2.33. The number of nitrogens with zero attached hydrogens (tertiary/aromatic N) is 2. The molecule has 0 bridgehead atoms. The van der Waals surface area contributed by atoms with Crippen LogP contribution in [-0.4, -0.2) is 42.4 Å². The van der Waals surface area contributed by atoms with E-state index >= 15 is 0 Å². The Hall–Kier alpha value is -1.08. The molecule has 1 N–H and O–H groups in total. The van der Waals surface area contributed by atoms with E-state index in [0.717, 1.165) is 19.4 Å². The minimum atomic E-state index is -2.44. The van der Waals surface area contributed by atoms with Crippen LogP contribution in [0.5, 0.6) is 0 Å². The smallest absolute Gasteiger partial charge is 0.261 e. The molecule has 120 valence electrons. The molecule has 7 heteroatoms. The fourth-order valence-electron chi connectivity index (χ4n) is 2.23. The summed E-state index contributed by atoms with van der Waals surface area (Å²) in [6.45, 7) is 2.77. The summed E-state index contributed by atoms with van der Waals surface area (Å²) in [5.41, 5.74) is 0. The van der Waals surface area contributed by atoms with Gasteiger partial charge in [0.2, 0.25) is 5.89 Å². The highest BCUT2D eigenvalue weighted by atomic mass is 19.3. The second-order valence-electron chi connectivity index (χ2n) is 5.42. The number of hydrogen-bond donors (Lipinski definition) is 1. The molecule has 1 unspecified atom stereocenters. The van der Waals surface area contributed by atoms with Crippen LogP contribution in [0.15, 0.2) is 4.52 Å². The standard InChI is InChI=1S/C14H23F2N3O2/c1-2-6-17-11(10-3-4-10)8-14-18-13(19-21-14)5-7-20-9-12(15)16/h10-12,17H,2-9H2,1H3. The van der Waals surface area contributed by atoms with E-state index in [9.17, 15) is 8.78 Å². The number of hydrogen-bond acceptors (Lipinski definition) is 5. The van der Waals surface area contributed by atoms with Crippen LogP contribution in [0.4, 0.5) is 8.78 Å². The molecule has 0 spiro atoms. The number of alkyl halides is 2. The first kappa shape index (κ1) is 16.3. The summed E-state index contributed by atoms with van der Waals surface area (Å²) in [4.78, 5) is 4.30. The van der Waals surface area contributed by atoms with E-state index in [1.807, 2.05) is 0 Å². The van der Waals surface area contributed by atoms with E-state index in [-0.39, 0.29) is 6.61 Å². The van der Waals surface area contributed by atoms with Crippen molar-refractivity contribution < 1.29 is 18.0 Å². The van der Waals surface area contributed by atoms with Gasteiger partial charge in [-0.25, -0.2) is 8.78 Å². The number of nitrogens with one attached hydrogen (secondary N) is 1. The van der Waals surface area contributed by atoms with Crippen LogP contribution < -0.4 is 5.32 Å². The SMILES string of the molecule is CCCNC(Cc1nc(CCOCC(F)F)no1)C1CC1. The lowest BCUT2D eigenvalue weighted by atomic mass is 10.1. The predicted molar refractivity (Wildman–Crippen MR) is 73.3 cm³/mol. The van der Waals surface area contributed by atoms with Gasteiger partial charge in [0, 0.05) is 18.9 Å². The lowest BCUT2D eigenvalue weighted by Crippen LogP contribution is -2.33. The molecule has 21 heavy (non-hydrogen) atoms. The summed E-state index contributed by atoms with van der Waals surface area (Å²) in [7, 11) is 0. The zero-order valence-electron chi connectivity index (χ0n) is 12.4. The van der Waals surface area contributed by atoms with E-state index in [2.05, 4.69) is 22.4 Å². The first-order chi connectivity index (χ1) is 10.2. The number of rotatable bonds is 11. The Morgan fingerprint density at radius 3 is 2.90 bits per heavy atom. The summed E-state index contributed by atoms with van der Waals surface area (Å²) in [5.74, 6) is 1.84. The van der Waals surface area contributed by atoms with Crippen LogP contribution in [0.25, 0.3) is 0 Å². The lowest BCUT2D eigenvalue weighted by molar-refractivity contribution is 0.0182. The maximum Gasteiger partial charge on any atom is 0.261 e. The highest BCUT2D eigenvalue weighted by Gasteiger charge is 2.32. The second-order valence-corrected chi connectivity index (χ2v) is 5.42. The molecule has 1 aliphatic rings. The van der Waals surface area contributed by atoms with Gasteiger partial charge in [0.15, 0.2) is 5.82 Å². The number of ether oxygens (including phenoxy) is 1. The lowest BCUT2D eigenvalue weighted by Gasteiger charge is -2.15. The molecule has 1 aromatic rings. The van der Waals surface area contributed by atoms with Crippen LogP contribution in [0.2, 0.25) is 0 Å². The fraction of sp³-hybridized carbons (Fsp3) is 0.857. The number of aromatic nitrogens is 2. The van der Waals surface area contributed by atoms with Crippen molar-refractivity contribution in [1.29, 1.82) is 0 Å². The van der Waals surface area contributed by atoms with E-state index in [1.165, 1.54) is 12.8 Å². The van der Waals surface area contributed by atoms with Gasteiger partial charge in [-0.1, -0.05) is 12.1 Å². The highest BCUT2D eigenvalue weighted by molar-refractivity contribution is 4.95. The molecule has 0 aromatic carbocycles. The van der Waals surface area contributed by atoms with Gasteiger partial charge >= 0.3 is 0 Å². The largest absolute Gasteiger partial charge is 0.375 e. The van der Waals surface area contributed by atoms with Crippen molar-refractivity contribution in [3.05, 3.63) is 11.7 Å². The minimum absolute atomic E-state index is 0.184. The number of halogens is 2. The molecule has 2 rings (SSSR count). The third kappa shape index (κ3) is 6.05. The molecule has 5 nitrogen and oxygen atoms in total. The fourth-order valence-corrected chi connectivity index (χ4v) is 2.23. The van der Waals surface area contributed by atoms with E-state index in [4.69, 9.17) is 9.26 Å². The first-order valence-electron chi connectivity index (χ1n) is 7.59. The molecule has 1 saturated carbocycles. The molecule has 1 aliphatic carbocycles. The zero-order chi connectivity index (χ0) is 15.1. The molecule has 1 heterocycles. The third-order valence-corrected chi connectivity index (χ3v) is 3.47. The molecule has 1 atom stereocenters. The van der Waals surface area contributed by atoms with Crippen LogP contribution in [0.1, 0.15) is 37.9 Å². The van der Waals surface area contributed by atoms with Crippen LogP contribution in [0, 0.1) is 5.92 Å². The van der Waals surface area contributed by atoms with Gasteiger partial charge in [-0.2, -0.15) is 4.98 Å². The van der Waals surface area contributed by atoms with Gasteiger partial charge in [-0.15, -0.1) is 0 Å². The Kier molecular flexibility index (Phi) is 6.50. The van der Waals surface area contributed by atoms with E-state index in [0.29, 0.717) is 30.1 Å². The summed E-state index contributed by atoms with van der Waals surface area (Å²) in [6.07, 6.45) is 2.30. The topological polar surface area (TPSA) is 60.2 Å². The Labute approximate surface area is 123 Å². The van der Waals surface area contributed by atoms with E-state index < -0.39 is 13.0 Å². The minimum Gasteiger partial charge on any atom is -0.375 e. The zero-order valence-corrected chi connectivity index (χ0v) is 12.4. The van der Waals surface area contributed by atoms with Gasteiger partial charge in [0.1, 0.15) is 6.61 Å².